The molecule has 0 amide bonds. The van der Waals surface area contributed by atoms with E-state index in [1.54, 1.807) is 6.08 Å². The van der Waals surface area contributed by atoms with Gasteiger partial charge in [0, 0.05) is 12.8 Å². The van der Waals surface area contributed by atoms with E-state index in [0.29, 0.717) is 12.3 Å². The van der Waals surface area contributed by atoms with E-state index in [4.69, 9.17) is 0 Å². The summed E-state index contributed by atoms with van der Waals surface area (Å²) in [5.41, 5.74) is 0. The highest BCUT2D eigenvalue weighted by Gasteiger charge is 2.08. The number of carbonyl (C=O) groups excluding carboxylic acids is 1. The lowest BCUT2D eigenvalue weighted by Gasteiger charge is -2.06. The third kappa shape index (κ3) is 9.67. The van der Waals surface area contributed by atoms with E-state index in [9.17, 15) is 9.90 Å². The Morgan fingerprint density at radius 2 is 2.07 bits per heavy atom. The predicted octanol–water partition coefficient (Wildman–Crippen LogP) is 3.10. The number of carbonyl (C=O) groups is 1. The van der Waals surface area contributed by atoms with Crippen LogP contribution in [-0.2, 0) is 4.79 Å². The normalized spacial score (nSPS) is 13.7. The zero-order valence-corrected chi connectivity index (χ0v) is 10.2. The number of unbranched alkanes of at least 4 members (excludes halogenated alkanes) is 1. The molecule has 1 atom stereocenters. The van der Waals surface area contributed by atoms with Crippen molar-refractivity contribution in [2.75, 3.05) is 0 Å². The molecular weight excluding hydrogens is 188 g/mol. The third-order valence-corrected chi connectivity index (χ3v) is 2.25. The number of aliphatic hydroxyl groups is 1. The van der Waals surface area contributed by atoms with Crippen LogP contribution >= 0.6 is 0 Å². The van der Waals surface area contributed by atoms with Crippen LogP contribution in [0.4, 0.5) is 0 Å². The van der Waals surface area contributed by atoms with Gasteiger partial charge in [0.1, 0.15) is 5.78 Å². The topological polar surface area (TPSA) is 37.3 Å². The molecule has 0 radical (unpaired) electrons. The van der Waals surface area contributed by atoms with Crippen molar-refractivity contribution in [3.05, 3.63) is 12.2 Å². The first-order valence-electron chi connectivity index (χ1n) is 5.92. The van der Waals surface area contributed by atoms with Crippen LogP contribution in [0.15, 0.2) is 12.2 Å². The van der Waals surface area contributed by atoms with Crippen molar-refractivity contribution in [3.8, 4) is 0 Å². The number of allylic oxidation sites excluding steroid dienone is 1. The molecule has 1 N–H and O–H groups in total. The minimum Gasteiger partial charge on any atom is -0.389 e. The van der Waals surface area contributed by atoms with Crippen molar-refractivity contribution >= 4 is 5.78 Å². The second kappa shape index (κ2) is 8.66. The maximum Gasteiger partial charge on any atom is 0.135 e. The molecule has 0 aromatic rings. The molecule has 2 heteroatoms. The number of hydrogen-bond donors (Lipinski definition) is 1. The van der Waals surface area contributed by atoms with E-state index in [2.05, 4.69) is 20.8 Å². The highest BCUT2D eigenvalue weighted by atomic mass is 16.3. The molecular formula is C13H24O2. The minimum absolute atomic E-state index is 0.164. The van der Waals surface area contributed by atoms with Crippen LogP contribution in [0.3, 0.4) is 0 Å². The second-order valence-electron chi connectivity index (χ2n) is 4.46. The van der Waals surface area contributed by atoms with Crippen molar-refractivity contribution in [1.29, 1.82) is 0 Å². The first-order chi connectivity index (χ1) is 7.06. The first kappa shape index (κ1) is 14.4. The van der Waals surface area contributed by atoms with Crippen LogP contribution < -0.4 is 0 Å². The molecule has 0 saturated carbocycles. The van der Waals surface area contributed by atoms with Crippen LogP contribution in [-0.4, -0.2) is 17.0 Å². The molecule has 0 aliphatic carbocycles. The van der Waals surface area contributed by atoms with Gasteiger partial charge >= 0.3 is 0 Å². The first-order valence-corrected chi connectivity index (χ1v) is 5.92. The molecule has 0 aliphatic heterocycles. The van der Waals surface area contributed by atoms with Crippen molar-refractivity contribution in [3.63, 3.8) is 0 Å². The van der Waals surface area contributed by atoms with Gasteiger partial charge in [-0.05, 0) is 18.8 Å². The Morgan fingerprint density at radius 1 is 1.40 bits per heavy atom. The van der Waals surface area contributed by atoms with Gasteiger partial charge in [-0.25, -0.2) is 0 Å². The molecule has 15 heavy (non-hydrogen) atoms. The molecule has 0 aromatic carbocycles. The van der Waals surface area contributed by atoms with Crippen LogP contribution in [0, 0.1) is 5.92 Å². The van der Waals surface area contributed by atoms with Gasteiger partial charge in [0.05, 0.1) is 6.10 Å². The summed E-state index contributed by atoms with van der Waals surface area (Å²) in [7, 11) is 0. The smallest absolute Gasteiger partial charge is 0.135 e. The SMILES string of the molecule is CCCC=CC(O)CC(=O)CCC(C)C. The van der Waals surface area contributed by atoms with Gasteiger partial charge in [0.15, 0.2) is 0 Å². The average molecular weight is 212 g/mol. The highest BCUT2D eigenvalue weighted by molar-refractivity contribution is 5.79. The predicted molar refractivity (Wildman–Crippen MR) is 63.8 cm³/mol. The number of Topliss-reactive ketones (excluding diaryl/α,β-unsaturated/α-hetero) is 1. The Balaban J connectivity index is 3.66. The Hall–Kier alpha value is -0.630. The molecule has 2 nitrogen and oxygen atoms in total. The van der Waals surface area contributed by atoms with Crippen LogP contribution in [0.5, 0.6) is 0 Å². The summed E-state index contributed by atoms with van der Waals surface area (Å²) in [6.07, 6.45) is 6.92. The molecule has 0 fully saturated rings. The Kier molecular flexibility index (Phi) is 8.30. The number of ketones is 1. The summed E-state index contributed by atoms with van der Waals surface area (Å²) in [4.78, 5) is 11.4. The zero-order valence-electron chi connectivity index (χ0n) is 10.2. The lowest BCUT2D eigenvalue weighted by Crippen LogP contribution is -2.11. The van der Waals surface area contributed by atoms with Gasteiger partial charge in [-0.1, -0.05) is 39.3 Å². The monoisotopic (exact) mass is 212 g/mol. The Morgan fingerprint density at radius 3 is 2.60 bits per heavy atom. The van der Waals surface area contributed by atoms with Crippen LogP contribution in [0.2, 0.25) is 0 Å². The van der Waals surface area contributed by atoms with Crippen molar-refractivity contribution in [2.45, 2.75) is 59.0 Å². The van der Waals surface area contributed by atoms with Crippen molar-refractivity contribution < 1.29 is 9.90 Å². The van der Waals surface area contributed by atoms with E-state index in [1.165, 1.54) is 0 Å². The van der Waals surface area contributed by atoms with E-state index in [1.807, 2.05) is 6.08 Å². The molecule has 1 unspecified atom stereocenters. The molecule has 0 aromatic heterocycles. The van der Waals surface area contributed by atoms with Crippen molar-refractivity contribution in [1.82, 2.24) is 0 Å². The summed E-state index contributed by atoms with van der Waals surface area (Å²) in [6, 6.07) is 0. The fraction of sp³-hybridized carbons (Fsp3) is 0.769. The second-order valence-corrected chi connectivity index (χ2v) is 4.46. The Labute approximate surface area is 93.4 Å². The van der Waals surface area contributed by atoms with E-state index in [-0.39, 0.29) is 12.2 Å². The number of hydrogen-bond acceptors (Lipinski definition) is 2. The zero-order chi connectivity index (χ0) is 11.7. The van der Waals surface area contributed by atoms with E-state index < -0.39 is 6.10 Å². The summed E-state index contributed by atoms with van der Waals surface area (Å²) < 4.78 is 0. The standard InChI is InChI=1S/C13H24O2/c1-4-5-6-7-12(14)10-13(15)9-8-11(2)3/h6-7,11-12,14H,4-5,8-10H2,1-3H3. The van der Waals surface area contributed by atoms with Crippen LogP contribution in [0.25, 0.3) is 0 Å². The minimum atomic E-state index is -0.587. The molecule has 0 bridgehead atoms. The lowest BCUT2D eigenvalue weighted by molar-refractivity contribution is -0.120. The molecule has 0 heterocycles. The average Bonchev–Trinajstić information content (AvgIpc) is 2.15. The largest absolute Gasteiger partial charge is 0.389 e. The fourth-order valence-corrected chi connectivity index (χ4v) is 1.27. The fourth-order valence-electron chi connectivity index (χ4n) is 1.27. The molecule has 0 saturated heterocycles. The molecule has 0 aliphatic rings. The highest BCUT2D eigenvalue weighted by Crippen LogP contribution is 2.07. The van der Waals surface area contributed by atoms with Crippen LogP contribution in [0.1, 0.15) is 52.9 Å². The quantitative estimate of drug-likeness (QED) is 0.628. The Bertz CT molecular complexity index is 195. The van der Waals surface area contributed by atoms with E-state index in [0.717, 1.165) is 19.3 Å². The number of rotatable bonds is 8. The van der Waals surface area contributed by atoms with Gasteiger partial charge in [0.2, 0.25) is 0 Å². The van der Waals surface area contributed by atoms with E-state index >= 15 is 0 Å². The maximum atomic E-state index is 11.4. The summed E-state index contributed by atoms with van der Waals surface area (Å²) in [6.45, 7) is 6.29. The van der Waals surface area contributed by atoms with Gasteiger partial charge in [-0.15, -0.1) is 0 Å². The third-order valence-electron chi connectivity index (χ3n) is 2.25. The summed E-state index contributed by atoms with van der Waals surface area (Å²) in [5.74, 6) is 0.721. The van der Waals surface area contributed by atoms with Gasteiger partial charge < -0.3 is 5.11 Å². The van der Waals surface area contributed by atoms with Gasteiger partial charge in [-0.3, -0.25) is 4.79 Å². The van der Waals surface area contributed by atoms with Gasteiger partial charge in [0.25, 0.3) is 0 Å². The summed E-state index contributed by atoms with van der Waals surface area (Å²) in [5, 5.41) is 9.50. The molecule has 0 rings (SSSR count). The number of aliphatic hydroxyl groups excluding tert-OH is 1. The van der Waals surface area contributed by atoms with Gasteiger partial charge in [-0.2, -0.15) is 0 Å². The molecule has 88 valence electrons. The molecule has 0 spiro atoms. The summed E-state index contributed by atoms with van der Waals surface area (Å²) >= 11 is 0. The maximum absolute atomic E-state index is 11.4. The van der Waals surface area contributed by atoms with Crippen molar-refractivity contribution in [2.24, 2.45) is 5.92 Å². The lowest BCUT2D eigenvalue weighted by atomic mass is 10.0.